The number of aromatic nitrogens is 1. The van der Waals surface area contributed by atoms with Crippen LogP contribution >= 0.6 is 11.6 Å². The van der Waals surface area contributed by atoms with Gasteiger partial charge in [0.15, 0.2) is 0 Å². The molecule has 0 unspecified atom stereocenters. The molecule has 0 fully saturated rings. The van der Waals surface area contributed by atoms with E-state index >= 15 is 0 Å². The number of nitrogens with zero attached hydrogens (tertiary/aromatic N) is 1. The molecule has 1 aromatic carbocycles. The molecular formula is C17H15ClF3N3O2. The molecule has 9 heteroatoms. The highest BCUT2D eigenvalue weighted by Gasteiger charge is 2.31. The van der Waals surface area contributed by atoms with Gasteiger partial charge in [0.25, 0.3) is 0 Å². The number of pyridine rings is 1. The molecule has 26 heavy (non-hydrogen) atoms. The van der Waals surface area contributed by atoms with Gasteiger partial charge in [-0.1, -0.05) is 11.6 Å². The van der Waals surface area contributed by atoms with Crippen molar-refractivity contribution in [2.75, 3.05) is 23.8 Å². The van der Waals surface area contributed by atoms with Gasteiger partial charge in [0.2, 0.25) is 5.91 Å². The maximum Gasteiger partial charge on any atom is 0.417 e. The van der Waals surface area contributed by atoms with Gasteiger partial charge in [-0.25, -0.2) is 4.98 Å². The normalized spacial score (nSPS) is 13.8. The van der Waals surface area contributed by atoms with Crippen molar-refractivity contribution in [1.82, 2.24) is 4.98 Å². The van der Waals surface area contributed by atoms with Crippen LogP contribution in [0.2, 0.25) is 5.02 Å². The van der Waals surface area contributed by atoms with Gasteiger partial charge in [0.1, 0.15) is 18.2 Å². The van der Waals surface area contributed by atoms with E-state index < -0.39 is 11.7 Å². The molecule has 5 nitrogen and oxygen atoms in total. The van der Waals surface area contributed by atoms with Crippen molar-refractivity contribution < 1.29 is 22.7 Å². The van der Waals surface area contributed by atoms with E-state index in [4.69, 9.17) is 16.3 Å². The van der Waals surface area contributed by atoms with E-state index in [1.807, 2.05) is 6.07 Å². The molecule has 1 amide bonds. The summed E-state index contributed by atoms with van der Waals surface area (Å²) >= 11 is 5.82. The molecule has 0 radical (unpaired) electrons. The van der Waals surface area contributed by atoms with E-state index in [2.05, 4.69) is 15.6 Å². The van der Waals surface area contributed by atoms with Crippen LogP contribution in [0.1, 0.15) is 17.5 Å². The van der Waals surface area contributed by atoms with Crippen LogP contribution in [0, 0.1) is 0 Å². The number of anilines is 2. The monoisotopic (exact) mass is 385 g/mol. The summed E-state index contributed by atoms with van der Waals surface area (Å²) in [6.45, 7) is 0.579. The standard InChI is InChI=1S/C17H15ClF3N3O2/c18-13-8-11(17(19,20)21)9-23-16(13)22-5-6-26-12-2-3-14-10(7-12)1-4-15(25)24-14/h2-3,7-9H,1,4-6H2,(H,22,23)(H,24,25). The molecule has 0 saturated heterocycles. The lowest BCUT2D eigenvalue weighted by Crippen LogP contribution is -2.19. The first-order chi connectivity index (χ1) is 12.3. The summed E-state index contributed by atoms with van der Waals surface area (Å²) < 4.78 is 43.3. The Balaban J connectivity index is 1.52. The fraction of sp³-hybridized carbons (Fsp3) is 0.294. The number of carbonyl (C=O) groups is 1. The van der Waals surface area contributed by atoms with Gasteiger partial charge in [-0.2, -0.15) is 13.2 Å². The number of ether oxygens (including phenoxy) is 1. The van der Waals surface area contributed by atoms with E-state index in [1.54, 1.807) is 12.1 Å². The maximum absolute atomic E-state index is 12.6. The zero-order valence-corrected chi connectivity index (χ0v) is 14.2. The summed E-state index contributed by atoms with van der Waals surface area (Å²) in [4.78, 5) is 15.0. The van der Waals surface area contributed by atoms with E-state index in [9.17, 15) is 18.0 Å². The first kappa shape index (κ1) is 18.3. The van der Waals surface area contributed by atoms with Gasteiger partial charge in [-0.15, -0.1) is 0 Å². The minimum absolute atomic E-state index is 0.00344. The van der Waals surface area contributed by atoms with Gasteiger partial charge in [-0.3, -0.25) is 4.79 Å². The molecule has 0 aliphatic carbocycles. The third-order valence-corrected chi connectivity index (χ3v) is 4.09. The lowest BCUT2D eigenvalue weighted by molar-refractivity contribution is -0.137. The van der Waals surface area contributed by atoms with Crippen LogP contribution in [0.3, 0.4) is 0 Å². The third-order valence-electron chi connectivity index (χ3n) is 3.80. The van der Waals surface area contributed by atoms with Crippen molar-refractivity contribution in [2.24, 2.45) is 0 Å². The van der Waals surface area contributed by atoms with Gasteiger partial charge in [0, 0.05) is 18.3 Å². The molecule has 2 N–H and O–H groups in total. The average Bonchev–Trinajstić information content (AvgIpc) is 2.59. The summed E-state index contributed by atoms with van der Waals surface area (Å²) in [7, 11) is 0. The number of fused-ring (bicyclic) bond motifs is 1. The molecule has 1 aliphatic rings. The Morgan fingerprint density at radius 3 is 2.81 bits per heavy atom. The number of rotatable bonds is 5. The molecule has 0 saturated carbocycles. The lowest BCUT2D eigenvalue weighted by atomic mass is 10.0. The average molecular weight is 386 g/mol. The molecule has 1 aliphatic heterocycles. The molecule has 0 atom stereocenters. The number of amides is 1. The van der Waals surface area contributed by atoms with Crippen molar-refractivity contribution in [3.63, 3.8) is 0 Å². The Morgan fingerprint density at radius 1 is 1.27 bits per heavy atom. The Bertz CT molecular complexity index is 827. The van der Waals surface area contributed by atoms with Gasteiger partial charge in [-0.05, 0) is 36.2 Å². The topological polar surface area (TPSA) is 63.2 Å². The molecule has 3 rings (SSSR count). The Kier molecular flexibility index (Phi) is 5.22. The smallest absolute Gasteiger partial charge is 0.417 e. The summed E-state index contributed by atoms with van der Waals surface area (Å²) in [5.74, 6) is 0.806. The quantitative estimate of drug-likeness (QED) is 0.760. The highest BCUT2D eigenvalue weighted by Crippen LogP contribution is 2.32. The number of benzene rings is 1. The summed E-state index contributed by atoms with van der Waals surface area (Å²) in [5, 5.41) is 5.52. The number of aryl methyl sites for hydroxylation is 1. The van der Waals surface area contributed by atoms with E-state index in [0.717, 1.165) is 23.5 Å². The van der Waals surface area contributed by atoms with Crippen molar-refractivity contribution in [3.05, 3.63) is 46.6 Å². The Labute approximate surface area is 152 Å². The van der Waals surface area contributed by atoms with Crippen LogP contribution < -0.4 is 15.4 Å². The first-order valence-electron chi connectivity index (χ1n) is 7.85. The molecule has 1 aromatic heterocycles. The predicted octanol–water partition coefficient (Wildman–Crippen LogP) is 4.13. The van der Waals surface area contributed by atoms with Gasteiger partial charge in [0.05, 0.1) is 17.1 Å². The number of hydrogen-bond acceptors (Lipinski definition) is 4. The fourth-order valence-corrected chi connectivity index (χ4v) is 2.74. The van der Waals surface area contributed by atoms with Crippen LogP contribution in [-0.2, 0) is 17.4 Å². The molecule has 0 bridgehead atoms. The molecule has 2 aromatic rings. The number of carbonyl (C=O) groups excluding carboxylic acids is 1. The van der Waals surface area contributed by atoms with Crippen molar-refractivity contribution >= 4 is 29.0 Å². The first-order valence-corrected chi connectivity index (χ1v) is 8.23. The van der Waals surface area contributed by atoms with Gasteiger partial charge >= 0.3 is 6.18 Å². The molecule has 0 spiro atoms. The predicted molar refractivity (Wildman–Crippen MR) is 91.6 cm³/mol. The van der Waals surface area contributed by atoms with Crippen LogP contribution in [-0.4, -0.2) is 24.0 Å². The van der Waals surface area contributed by atoms with Gasteiger partial charge < -0.3 is 15.4 Å². The van der Waals surface area contributed by atoms with Crippen molar-refractivity contribution in [1.29, 1.82) is 0 Å². The second-order valence-corrected chi connectivity index (χ2v) is 6.10. The highest BCUT2D eigenvalue weighted by atomic mass is 35.5. The summed E-state index contributed by atoms with van der Waals surface area (Å²) in [6.07, 6.45) is -2.66. The number of hydrogen-bond donors (Lipinski definition) is 2. The zero-order chi connectivity index (χ0) is 18.7. The molecule has 2 heterocycles. The fourth-order valence-electron chi connectivity index (χ4n) is 2.51. The SMILES string of the molecule is O=C1CCc2cc(OCCNc3ncc(C(F)(F)F)cc3Cl)ccc2N1. The maximum atomic E-state index is 12.6. The molecular weight excluding hydrogens is 371 g/mol. The summed E-state index contributed by atoms with van der Waals surface area (Å²) in [6, 6.07) is 6.21. The highest BCUT2D eigenvalue weighted by molar-refractivity contribution is 6.32. The van der Waals surface area contributed by atoms with Crippen LogP contribution in [0.5, 0.6) is 5.75 Å². The lowest BCUT2D eigenvalue weighted by Gasteiger charge is -2.18. The Hall–Kier alpha value is -2.48. The van der Waals surface area contributed by atoms with E-state index in [-0.39, 0.29) is 23.4 Å². The second kappa shape index (κ2) is 7.41. The minimum atomic E-state index is -4.48. The zero-order valence-electron chi connectivity index (χ0n) is 13.5. The minimum Gasteiger partial charge on any atom is -0.492 e. The van der Waals surface area contributed by atoms with E-state index in [0.29, 0.717) is 25.1 Å². The van der Waals surface area contributed by atoms with Crippen molar-refractivity contribution in [2.45, 2.75) is 19.0 Å². The largest absolute Gasteiger partial charge is 0.492 e. The van der Waals surface area contributed by atoms with Crippen LogP contribution in [0.25, 0.3) is 0 Å². The van der Waals surface area contributed by atoms with Crippen molar-refractivity contribution in [3.8, 4) is 5.75 Å². The summed E-state index contributed by atoms with van der Waals surface area (Å²) in [5.41, 5.74) is 0.889. The number of nitrogens with one attached hydrogen (secondary N) is 2. The Morgan fingerprint density at radius 2 is 2.08 bits per heavy atom. The van der Waals surface area contributed by atoms with Crippen LogP contribution in [0.4, 0.5) is 24.7 Å². The second-order valence-electron chi connectivity index (χ2n) is 5.69. The molecule has 138 valence electrons. The number of halogens is 4. The van der Waals surface area contributed by atoms with Crippen LogP contribution in [0.15, 0.2) is 30.5 Å². The van der Waals surface area contributed by atoms with E-state index in [1.165, 1.54) is 0 Å². The number of alkyl halides is 3. The third kappa shape index (κ3) is 4.37.